The molecular weight excluding hydrogens is 355 g/mol. The summed E-state index contributed by atoms with van der Waals surface area (Å²) in [5, 5.41) is 5.41. The number of rotatable bonds is 3. The zero-order valence-electron chi connectivity index (χ0n) is 12.4. The van der Waals surface area contributed by atoms with E-state index in [2.05, 4.69) is 15.4 Å². The summed E-state index contributed by atoms with van der Waals surface area (Å²) in [6.07, 6.45) is 0. The maximum absolute atomic E-state index is 11.9. The summed E-state index contributed by atoms with van der Waals surface area (Å²) in [5.41, 5.74) is 1.03. The van der Waals surface area contributed by atoms with Gasteiger partial charge in [0.2, 0.25) is 0 Å². The number of hydrogen-bond acceptors (Lipinski definition) is 4. The van der Waals surface area contributed by atoms with Crippen LogP contribution in [0.3, 0.4) is 0 Å². The molecule has 0 aliphatic rings. The molecule has 0 aliphatic carbocycles. The molecule has 2 rings (SSSR count). The molecule has 0 bridgehead atoms. The number of carbonyl (C=O) groups excluding carboxylic acids is 3. The van der Waals surface area contributed by atoms with E-state index in [9.17, 15) is 14.4 Å². The summed E-state index contributed by atoms with van der Waals surface area (Å²) in [6.45, 7) is 0. The zero-order valence-corrected chi connectivity index (χ0v) is 13.9. The largest absolute Gasteiger partial charge is 0.465 e. The second-order valence-electron chi connectivity index (χ2n) is 4.61. The van der Waals surface area contributed by atoms with Crippen LogP contribution in [0.5, 0.6) is 0 Å². The molecule has 0 radical (unpaired) electrons. The van der Waals surface area contributed by atoms with Crippen LogP contribution in [0.15, 0.2) is 42.5 Å². The van der Waals surface area contributed by atoms with Crippen LogP contribution in [0.2, 0.25) is 10.0 Å². The van der Waals surface area contributed by atoms with Gasteiger partial charge in [-0.1, -0.05) is 23.2 Å². The Labute approximate surface area is 147 Å². The number of carbonyl (C=O) groups is 3. The molecule has 2 aromatic carbocycles. The fourth-order valence-corrected chi connectivity index (χ4v) is 2.06. The van der Waals surface area contributed by atoms with Crippen LogP contribution in [-0.2, 0) is 14.3 Å². The Bertz CT molecular complexity index is 791. The smallest absolute Gasteiger partial charge is 0.337 e. The predicted octanol–water partition coefficient (Wildman–Crippen LogP) is 3.36. The van der Waals surface area contributed by atoms with Gasteiger partial charge < -0.3 is 15.4 Å². The third-order valence-corrected chi connectivity index (χ3v) is 3.69. The molecule has 0 aliphatic heterocycles. The molecule has 0 aromatic heterocycles. The Balaban J connectivity index is 1.99. The number of methoxy groups -OCH3 is 1. The Morgan fingerprint density at radius 1 is 0.833 bits per heavy atom. The van der Waals surface area contributed by atoms with Crippen molar-refractivity contribution in [1.82, 2.24) is 0 Å². The molecule has 0 fully saturated rings. The van der Waals surface area contributed by atoms with Gasteiger partial charge in [-0.05, 0) is 42.5 Å². The van der Waals surface area contributed by atoms with Crippen LogP contribution in [0.1, 0.15) is 10.4 Å². The molecular formula is C16H12Cl2N2O4. The third kappa shape index (κ3) is 4.47. The van der Waals surface area contributed by atoms with Crippen molar-refractivity contribution >= 4 is 52.4 Å². The van der Waals surface area contributed by atoms with Gasteiger partial charge in [-0.3, -0.25) is 9.59 Å². The van der Waals surface area contributed by atoms with Crippen LogP contribution in [0, 0.1) is 0 Å². The van der Waals surface area contributed by atoms with E-state index in [1.165, 1.54) is 49.6 Å². The Morgan fingerprint density at radius 3 is 1.92 bits per heavy atom. The van der Waals surface area contributed by atoms with Gasteiger partial charge in [-0.25, -0.2) is 4.79 Å². The summed E-state index contributed by atoms with van der Waals surface area (Å²) < 4.78 is 4.57. The molecule has 2 amide bonds. The van der Waals surface area contributed by atoms with Crippen LogP contribution in [0.25, 0.3) is 0 Å². The van der Waals surface area contributed by atoms with Crippen molar-refractivity contribution in [3.63, 3.8) is 0 Å². The van der Waals surface area contributed by atoms with Crippen molar-refractivity contribution in [2.45, 2.75) is 0 Å². The summed E-state index contributed by atoms with van der Waals surface area (Å²) in [7, 11) is 1.27. The molecule has 2 aromatic rings. The van der Waals surface area contributed by atoms with Crippen LogP contribution in [0.4, 0.5) is 11.4 Å². The van der Waals surface area contributed by atoms with Crippen molar-refractivity contribution in [2.24, 2.45) is 0 Å². The first-order valence-corrected chi connectivity index (χ1v) is 7.42. The lowest BCUT2D eigenvalue weighted by molar-refractivity contribution is -0.132. The summed E-state index contributed by atoms with van der Waals surface area (Å²) in [4.78, 5) is 35.0. The first-order chi connectivity index (χ1) is 11.4. The van der Waals surface area contributed by atoms with E-state index in [4.69, 9.17) is 23.2 Å². The van der Waals surface area contributed by atoms with Crippen molar-refractivity contribution in [2.75, 3.05) is 17.7 Å². The minimum Gasteiger partial charge on any atom is -0.465 e. The number of halogens is 2. The number of ether oxygens (including phenoxy) is 1. The zero-order chi connectivity index (χ0) is 17.7. The minimum absolute atomic E-state index is 0.258. The minimum atomic E-state index is -0.870. The highest BCUT2D eigenvalue weighted by atomic mass is 35.5. The average molecular weight is 367 g/mol. The van der Waals surface area contributed by atoms with Gasteiger partial charge in [0, 0.05) is 11.4 Å². The molecule has 2 N–H and O–H groups in total. The van der Waals surface area contributed by atoms with E-state index in [1.54, 1.807) is 0 Å². The van der Waals surface area contributed by atoms with Gasteiger partial charge in [-0.15, -0.1) is 0 Å². The second-order valence-corrected chi connectivity index (χ2v) is 5.42. The van der Waals surface area contributed by atoms with E-state index in [1.807, 2.05) is 0 Å². The standard InChI is InChI=1S/C16H12Cl2N2O4/c1-24-16(23)9-2-4-10(5-3-9)19-14(21)15(22)20-11-6-7-12(17)13(18)8-11/h2-8H,1H3,(H,19,21)(H,20,22). The van der Waals surface area contributed by atoms with Gasteiger partial charge in [0.1, 0.15) is 0 Å². The first kappa shape index (κ1) is 17.8. The number of nitrogens with one attached hydrogen (secondary N) is 2. The van der Waals surface area contributed by atoms with E-state index in [0.29, 0.717) is 22.0 Å². The lowest BCUT2D eigenvalue weighted by Crippen LogP contribution is -2.29. The molecule has 6 nitrogen and oxygen atoms in total. The van der Waals surface area contributed by atoms with Crippen molar-refractivity contribution in [3.8, 4) is 0 Å². The lowest BCUT2D eigenvalue weighted by atomic mass is 10.2. The van der Waals surface area contributed by atoms with E-state index in [0.717, 1.165) is 0 Å². The fourth-order valence-electron chi connectivity index (χ4n) is 1.76. The fraction of sp³-hybridized carbons (Fsp3) is 0.0625. The SMILES string of the molecule is COC(=O)c1ccc(NC(=O)C(=O)Nc2ccc(Cl)c(Cl)c2)cc1. The molecule has 0 saturated carbocycles. The molecule has 24 heavy (non-hydrogen) atoms. The molecule has 0 atom stereocenters. The number of hydrogen-bond donors (Lipinski definition) is 2. The number of amides is 2. The molecule has 124 valence electrons. The summed E-state index contributed by atoms with van der Waals surface area (Å²) in [5.74, 6) is -2.23. The lowest BCUT2D eigenvalue weighted by Gasteiger charge is -2.08. The van der Waals surface area contributed by atoms with Gasteiger partial charge in [0.25, 0.3) is 0 Å². The average Bonchev–Trinajstić information content (AvgIpc) is 2.58. The molecule has 0 heterocycles. The normalized spacial score (nSPS) is 9.96. The molecule has 0 saturated heterocycles. The van der Waals surface area contributed by atoms with E-state index >= 15 is 0 Å². The highest BCUT2D eigenvalue weighted by Gasteiger charge is 2.15. The Morgan fingerprint density at radius 2 is 1.38 bits per heavy atom. The number of anilines is 2. The van der Waals surface area contributed by atoms with Crippen LogP contribution >= 0.6 is 23.2 Å². The van der Waals surface area contributed by atoms with E-state index < -0.39 is 17.8 Å². The highest BCUT2D eigenvalue weighted by Crippen LogP contribution is 2.25. The first-order valence-electron chi connectivity index (χ1n) is 6.66. The predicted molar refractivity (Wildman–Crippen MR) is 91.5 cm³/mol. The number of esters is 1. The highest BCUT2D eigenvalue weighted by molar-refractivity contribution is 6.44. The van der Waals surface area contributed by atoms with E-state index in [-0.39, 0.29) is 5.02 Å². The maximum Gasteiger partial charge on any atom is 0.337 e. The van der Waals surface area contributed by atoms with Crippen molar-refractivity contribution < 1.29 is 19.1 Å². The topological polar surface area (TPSA) is 84.5 Å². The quantitative estimate of drug-likeness (QED) is 0.644. The molecule has 8 heteroatoms. The summed E-state index contributed by atoms with van der Waals surface area (Å²) >= 11 is 11.6. The van der Waals surface area contributed by atoms with Crippen molar-refractivity contribution in [3.05, 3.63) is 58.1 Å². The van der Waals surface area contributed by atoms with Gasteiger partial charge in [0.15, 0.2) is 0 Å². The maximum atomic E-state index is 11.9. The monoisotopic (exact) mass is 366 g/mol. The number of benzene rings is 2. The van der Waals surface area contributed by atoms with Gasteiger partial charge in [-0.2, -0.15) is 0 Å². The third-order valence-electron chi connectivity index (χ3n) is 2.95. The van der Waals surface area contributed by atoms with Crippen LogP contribution in [-0.4, -0.2) is 24.9 Å². The molecule has 0 unspecified atom stereocenters. The van der Waals surface area contributed by atoms with Crippen LogP contribution < -0.4 is 10.6 Å². The second kappa shape index (κ2) is 7.81. The summed E-state index contributed by atoms with van der Waals surface area (Å²) in [6, 6.07) is 10.4. The Hall–Kier alpha value is -2.57. The molecule has 0 spiro atoms. The van der Waals surface area contributed by atoms with Gasteiger partial charge >= 0.3 is 17.8 Å². The Kier molecular flexibility index (Phi) is 5.78. The van der Waals surface area contributed by atoms with Gasteiger partial charge in [0.05, 0.1) is 22.7 Å². The van der Waals surface area contributed by atoms with Crippen molar-refractivity contribution in [1.29, 1.82) is 0 Å².